The van der Waals surface area contributed by atoms with Crippen LogP contribution in [0.2, 0.25) is 0 Å². The van der Waals surface area contributed by atoms with E-state index in [9.17, 15) is 19.7 Å². The minimum Gasteiger partial charge on any atom is -0.325 e. The molecule has 124 valence electrons. The number of nitro groups is 1. The van der Waals surface area contributed by atoms with Crippen LogP contribution in [-0.2, 0) is 9.59 Å². The van der Waals surface area contributed by atoms with Crippen molar-refractivity contribution in [2.45, 2.75) is 12.8 Å². The molecule has 6 nitrogen and oxygen atoms in total. The summed E-state index contributed by atoms with van der Waals surface area (Å²) in [5.41, 5.74) is 1.14. The molecule has 2 rings (SSSR count). The molecule has 0 radical (unpaired) electrons. The van der Waals surface area contributed by atoms with E-state index in [-0.39, 0.29) is 0 Å². The molecule has 0 fully saturated rings. The SMILES string of the molecule is CC(=O)C(C(=O)Nc1ccccc1)C(C[N+](=O)[O-])c1ccccc1. The standard InChI is InChI=1S/C18H18N2O4/c1-13(21)17(18(22)19-15-10-6-3-7-11-15)16(12-20(23)24)14-8-4-2-5-9-14/h2-11,16-17H,12H2,1H3,(H,19,22). The average Bonchev–Trinajstić information content (AvgIpc) is 2.55. The summed E-state index contributed by atoms with van der Waals surface area (Å²) in [5.74, 6) is -2.89. The molecule has 0 bridgehead atoms. The summed E-state index contributed by atoms with van der Waals surface area (Å²) >= 11 is 0. The highest BCUT2D eigenvalue weighted by Gasteiger charge is 2.36. The van der Waals surface area contributed by atoms with E-state index in [2.05, 4.69) is 5.32 Å². The van der Waals surface area contributed by atoms with Crippen molar-refractivity contribution in [1.82, 2.24) is 0 Å². The minimum atomic E-state index is -1.13. The number of hydrogen-bond donors (Lipinski definition) is 1. The summed E-state index contributed by atoms with van der Waals surface area (Å²) in [4.78, 5) is 35.2. The molecule has 0 aliphatic rings. The zero-order chi connectivity index (χ0) is 17.5. The first kappa shape index (κ1) is 17.3. The van der Waals surface area contributed by atoms with Gasteiger partial charge in [0.15, 0.2) is 0 Å². The van der Waals surface area contributed by atoms with E-state index in [1.807, 2.05) is 0 Å². The number of carbonyl (C=O) groups is 2. The van der Waals surface area contributed by atoms with Crippen molar-refractivity contribution in [1.29, 1.82) is 0 Å². The van der Waals surface area contributed by atoms with Gasteiger partial charge in [-0.1, -0.05) is 48.5 Å². The van der Waals surface area contributed by atoms with Crippen LogP contribution in [0.4, 0.5) is 5.69 Å². The quantitative estimate of drug-likeness (QED) is 0.481. The maximum atomic E-state index is 12.6. The zero-order valence-corrected chi connectivity index (χ0v) is 13.2. The molecule has 2 unspecified atom stereocenters. The number of nitrogens with one attached hydrogen (secondary N) is 1. The third-order valence-corrected chi connectivity index (χ3v) is 3.74. The van der Waals surface area contributed by atoms with Gasteiger partial charge in [0, 0.05) is 10.6 Å². The number of rotatable bonds is 7. The van der Waals surface area contributed by atoms with E-state index in [1.54, 1.807) is 60.7 Å². The first-order valence-corrected chi connectivity index (χ1v) is 7.52. The number of Topliss-reactive ketones (excluding diaryl/α,β-unsaturated/α-hetero) is 1. The molecule has 0 aliphatic carbocycles. The summed E-state index contributed by atoms with van der Waals surface area (Å²) in [6.45, 7) is 0.793. The number of para-hydroxylation sites is 1. The maximum Gasteiger partial charge on any atom is 0.235 e. The van der Waals surface area contributed by atoms with E-state index >= 15 is 0 Å². The Morgan fingerprint density at radius 2 is 1.58 bits per heavy atom. The lowest BCUT2D eigenvalue weighted by molar-refractivity contribution is -0.484. The molecule has 2 aromatic rings. The van der Waals surface area contributed by atoms with Crippen molar-refractivity contribution >= 4 is 17.4 Å². The number of amides is 1. The number of hydrogen-bond acceptors (Lipinski definition) is 4. The second-order valence-corrected chi connectivity index (χ2v) is 5.48. The van der Waals surface area contributed by atoms with Gasteiger partial charge in [0.25, 0.3) is 0 Å². The van der Waals surface area contributed by atoms with Crippen LogP contribution in [0.5, 0.6) is 0 Å². The summed E-state index contributed by atoms with van der Waals surface area (Å²) in [5, 5.41) is 13.7. The molecule has 6 heteroatoms. The molecule has 2 atom stereocenters. The third kappa shape index (κ3) is 4.49. The monoisotopic (exact) mass is 326 g/mol. The zero-order valence-electron chi connectivity index (χ0n) is 13.2. The Morgan fingerprint density at radius 1 is 1.04 bits per heavy atom. The van der Waals surface area contributed by atoms with Crippen molar-refractivity contribution in [3.05, 3.63) is 76.3 Å². The van der Waals surface area contributed by atoms with Crippen LogP contribution in [0.1, 0.15) is 18.4 Å². The van der Waals surface area contributed by atoms with Crippen molar-refractivity contribution in [3.8, 4) is 0 Å². The number of benzene rings is 2. The van der Waals surface area contributed by atoms with E-state index < -0.39 is 35.0 Å². The molecule has 0 spiro atoms. The van der Waals surface area contributed by atoms with Gasteiger partial charge < -0.3 is 5.32 Å². The highest BCUT2D eigenvalue weighted by Crippen LogP contribution is 2.27. The number of ketones is 1. The van der Waals surface area contributed by atoms with Crippen molar-refractivity contribution < 1.29 is 14.5 Å². The topological polar surface area (TPSA) is 89.3 Å². The number of carbonyl (C=O) groups excluding carboxylic acids is 2. The van der Waals surface area contributed by atoms with Gasteiger partial charge in [-0.15, -0.1) is 0 Å². The van der Waals surface area contributed by atoms with Gasteiger partial charge in [-0.2, -0.15) is 0 Å². The van der Waals surface area contributed by atoms with Crippen molar-refractivity contribution in [3.63, 3.8) is 0 Å². The molecule has 0 aliphatic heterocycles. The van der Waals surface area contributed by atoms with Gasteiger partial charge in [0.05, 0.1) is 5.92 Å². The highest BCUT2D eigenvalue weighted by atomic mass is 16.6. The van der Waals surface area contributed by atoms with Gasteiger partial charge in [0.1, 0.15) is 11.7 Å². The van der Waals surface area contributed by atoms with E-state index in [0.29, 0.717) is 11.3 Å². The van der Waals surface area contributed by atoms with Crippen molar-refractivity contribution in [2.75, 3.05) is 11.9 Å². The smallest absolute Gasteiger partial charge is 0.235 e. The fraction of sp³-hybridized carbons (Fsp3) is 0.222. The summed E-state index contributed by atoms with van der Waals surface area (Å²) in [6.07, 6.45) is 0. The number of anilines is 1. The molecule has 0 saturated carbocycles. The van der Waals surface area contributed by atoms with Crippen molar-refractivity contribution in [2.24, 2.45) is 5.92 Å². The fourth-order valence-electron chi connectivity index (χ4n) is 2.66. The summed E-state index contributed by atoms with van der Waals surface area (Å²) < 4.78 is 0. The van der Waals surface area contributed by atoms with Crippen LogP contribution in [0.25, 0.3) is 0 Å². The lowest BCUT2D eigenvalue weighted by Gasteiger charge is -2.22. The van der Waals surface area contributed by atoms with Crippen LogP contribution in [-0.4, -0.2) is 23.2 Å². The average molecular weight is 326 g/mol. The Bertz CT molecular complexity index is 716. The molecule has 0 aromatic heterocycles. The van der Waals surface area contributed by atoms with E-state index in [1.165, 1.54) is 6.92 Å². The Morgan fingerprint density at radius 3 is 2.08 bits per heavy atom. The minimum absolute atomic E-state index is 0.404. The molecular formula is C18H18N2O4. The number of nitrogens with zero attached hydrogens (tertiary/aromatic N) is 1. The van der Waals surface area contributed by atoms with Crippen LogP contribution in [0.15, 0.2) is 60.7 Å². The second-order valence-electron chi connectivity index (χ2n) is 5.48. The van der Waals surface area contributed by atoms with Crippen LogP contribution >= 0.6 is 0 Å². The van der Waals surface area contributed by atoms with E-state index in [4.69, 9.17) is 0 Å². The third-order valence-electron chi connectivity index (χ3n) is 3.74. The predicted molar refractivity (Wildman–Crippen MR) is 90.3 cm³/mol. The molecule has 1 amide bonds. The Hall–Kier alpha value is -3.02. The lowest BCUT2D eigenvalue weighted by atomic mass is 9.83. The molecule has 24 heavy (non-hydrogen) atoms. The van der Waals surface area contributed by atoms with Gasteiger partial charge in [-0.3, -0.25) is 19.7 Å². The predicted octanol–water partition coefficient (Wildman–Crippen LogP) is 2.89. The van der Waals surface area contributed by atoms with Gasteiger partial charge in [0.2, 0.25) is 12.5 Å². The summed E-state index contributed by atoms with van der Waals surface area (Å²) in [7, 11) is 0. The normalized spacial score (nSPS) is 12.9. The largest absolute Gasteiger partial charge is 0.325 e. The molecular weight excluding hydrogens is 308 g/mol. The first-order valence-electron chi connectivity index (χ1n) is 7.52. The second kappa shape index (κ2) is 8.01. The Labute approximate surface area is 139 Å². The fourth-order valence-corrected chi connectivity index (χ4v) is 2.66. The Kier molecular flexibility index (Phi) is 5.78. The lowest BCUT2D eigenvalue weighted by Crippen LogP contribution is -2.36. The molecule has 0 saturated heterocycles. The van der Waals surface area contributed by atoms with Crippen LogP contribution in [0, 0.1) is 16.0 Å². The summed E-state index contributed by atoms with van der Waals surface area (Å²) in [6, 6.07) is 17.3. The van der Waals surface area contributed by atoms with E-state index in [0.717, 1.165) is 0 Å². The van der Waals surface area contributed by atoms with Gasteiger partial charge in [-0.25, -0.2) is 0 Å². The molecule has 2 aromatic carbocycles. The van der Waals surface area contributed by atoms with Crippen LogP contribution < -0.4 is 5.32 Å². The van der Waals surface area contributed by atoms with Gasteiger partial charge in [-0.05, 0) is 24.6 Å². The first-order chi connectivity index (χ1) is 11.5. The highest BCUT2D eigenvalue weighted by molar-refractivity contribution is 6.07. The van der Waals surface area contributed by atoms with Gasteiger partial charge >= 0.3 is 0 Å². The molecule has 0 heterocycles. The maximum absolute atomic E-state index is 12.6. The van der Waals surface area contributed by atoms with Crippen LogP contribution in [0.3, 0.4) is 0 Å². The Balaban J connectivity index is 2.32. The molecule has 1 N–H and O–H groups in total.